The number of nitrogen functional groups attached to an aromatic ring is 1. The van der Waals surface area contributed by atoms with Crippen LogP contribution in [0.2, 0.25) is 0 Å². The lowest BCUT2D eigenvalue weighted by atomic mass is 10.2. The number of benzene rings is 1. The molecule has 0 saturated carbocycles. The molecule has 0 aliphatic rings. The van der Waals surface area contributed by atoms with Crippen LogP contribution < -0.4 is 15.2 Å². The van der Waals surface area contributed by atoms with E-state index in [4.69, 9.17) is 15.2 Å². The molecule has 0 spiro atoms. The number of anilines is 1. The lowest BCUT2D eigenvalue weighted by Crippen LogP contribution is -2.05. The molecule has 7 heteroatoms. The fraction of sp³-hybridized carbons (Fsp3) is 0.250. The van der Waals surface area contributed by atoms with Crippen molar-refractivity contribution < 1.29 is 13.9 Å². The fourth-order valence-electron chi connectivity index (χ4n) is 1.49. The number of rotatable bonds is 4. The third kappa shape index (κ3) is 2.87. The smallest absolute Gasteiger partial charge is 0.321 e. The summed E-state index contributed by atoms with van der Waals surface area (Å²) in [6.07, 6.45) is 0. The summed E-state index contributed by atoms with van der Waals surface area (Å²) in [5, 5.41) is 0. The van der Waals surface area contributed by atoms with Crippen LogP contribution in [0, 0.1) is 5.82 Å². The average Bonchev–Trinajstić information content (AvgIpc) is 2.38. The number of hydrogen-bond donors (Lipinski definition) is 1. The number of nitrogens with zero attached hydrogens (tertiary/aromatic N) is 3. The Morgan fingerprint density at radius 2 is 2.05 bits per heavy atom. The van der Waals surface area contributed by atoms with Crippen molar-refractivity contribution in [3.05, 3.63) is 24.0 Å². The standard InChI is InChI=1S/C12H13FN4O2/c1-3-19-12-16-10(15-11(14)17-12)8-5-4-7(18-2)6-9(8)13/h4-6H,3H2,1-2H3,(H2,14,15,16,17). The molecular formula is C12H13FN4O2. The zero-order valence-electron chi connectivity index (χ0n) is 10.6. The van der Waals surface area contributed by atoms with Gasteiger partial charge in [-0.15, -0.1) is 0 Å². The predicted octanol–water partition coefficient (Wildman–Crippen LogP) is 1.67. The molecule has 0 unspecified atom stereocenters. The highest BCUT2D eigenvalue weighted by molar-refractivity contribution is 5.58. The summed E-state index contributed by atoms with van der Waals surface area (Å²) in [6, 6.07) is 4.44. The minimum Gasteiger partial charge on any atom is -0.497 e. The van der Waals surface area contributed by atoms with Gasteiger partial charge < -0.3 is 15.2 Å². The Balaban J connectivity index is 2.46. The summed E-state index contributed by atoms with van der Waals surface area (Å²) in [5.41, 5.74) is 5.75. The molecule has 19 heavy (non-hydrogen) atoms. The molecule has 0 aliphatic heterocycles. The number of halogens is 1. The SMILES string of the molecule is CCOc1nc(N)nc(-c2ccc(OC)cc2F)n1. The van der Waals surface area contributed by atoms with Gasteiger partial charge in [0.1, 0.15) is 11.6 Å². The molecule has 6 nitrogen and oxygen atoms in total. The molecule has 1 heterocycles. The van der Waals surface area contributed by atoms with E-state index in [2.05, 4.69) is 15.0 Å². The number of ether oxygens (including phenoxy) is 2. The minimum absolute atomic E-state index is 0.0244. The Morgan fingerprint density at radius 3 is 2.68 bits per heavy atom. The maximum Gasteiger partial charge on any atom is 0.321 e. The normalized spacial score (nSPS) is 10.3. The molecule has 0 atom stereocenters. The van der Waals surface area contributed by atoms with Crippen molar-refractivity contribution in [1.29, 1.82) is 0 Å². The fourth-order valence-corrected chi connectivity index (χ4v) is 1.49. The van der Waals surface area contributed by atoms with E-state index in [1.54, 1.807) is 13.0 Å². The highest BCUT2D eigenvalue weighted by Gasteiger charge is 2.12. The van der Waals surface area contributed by atoms with E-state index in [0.29, 0.717) is 12.4 Å². The largest absolute Gasteiger partial charge is 0.497 e. The first-order valence-electron chi connectivity index (χ1n) is 5.62. The van der Waals surface area contributed by atoms with Crippen molar-refractivity contribution in [2.24, 2.45) is 0 Å². The lowest BCUT2D eigenvalue weighted by Gasteiger charge is -2.07. The topological polar surface area (TPSA) is 83.2 Å². The van der Waals surface area contributed by atoms with Crippen LogP contribution in [0.15, 0.2) is 18.2 Å². The molecule has 0 bridgehead atoms. The van der Waals surface area contributed by atoms with E-state index in [0.717, 1.165) is 0 Å². The Labute approximate surface area is 109 Å². The van der Waals surface area contributed by atoms with Gasteiger partial charge in [-0.3, -0.25) is 0 Å². The maximum absolute atomic E-state index is 13.9. The summed E-state index contributed by atoms with van der Waals surface area (Å²) >= 11 is 0. The summed E-state index contributed by atoms with van der Waals surface area (Å²) < 4.78 is 24.0. The van der Waals surface area contributed by atoms with Gasteiger partial charge in [-0.1, -0.05) is 0 Å². The first kappa shape index (κ1) is 13.0. The summed E-state index contributed by atoms with van der Waals surface area (Å²) in [7, 11) is 1.46. The highest BCUT2D eigenvalue weighted by Crippen LogP contribution is 2.24. The van der Waals surface area contributed by atoms with E-state index in [9.17, 15) is 4.39 Å². The Kier molecular flexibility index (Phi) is 3.74. The van der Waals surface area contributed by atoms with Crippen molar-refractivity contribution in [2.45, 2.75) is 6.92 Å². The second-order valence-corrected chi connectivity index (χ2v) is 3.58. The first-order valence-corrected chi connectivity index (χ1v) is 5.62. The third-order valence-corrected chi connectivity index (χ3v) is 2.32. The van der Waals surface area contributed by atoms with Crippen molar-refractivity contribution in [3.8, 4) is 23.1 Å². The number of nitrogens with two attached hydrogens (primary N) is 1. The molecule has 0 radical (unpaired) electrons. The quantitative estimate of drug-likeness (QED) is 0.904. The van der Waals surface area contributed by atoms with Crippen LogP contribution in [-0.4, -0.2) is 28.7 Å². The van der Waals surface area contributed by atoms with Gasteiger partial charge in [0.05, 0.1) is 19.3 Å². The predicted molar refractivity (Wildman–Crippen MR) is 67.4 cm³/mol. The molecule has 100 valence electrons. The molecule has 0 amide bonds. The van der Waals surface area contributed by atoms with Gasteiger partial charge in [-0.25, -0.2) is 4.39 Å². The van der Waals surface area contributed by atoms with Gasteiger partial charge >= 0.3 is 6.01 Å². The molecular weight excluding hydrogens is 251 g/mol. The van der Waals surface area contributed by atoms with Crippen molar-refractivity contribution >= 4 is 5.95 Å². The second kappa shape index (κ2) is 5.47. The maximum atomic E-state index is 13.9. The van der Waals surface area contributed by atoms with Gasteiger partial charge in [0, 0.05) is 6.07 Å². The van der Waals surface area contributed by atoms with Crippen LogP contribution in [-0.2, 0) is 0 Å². The van der Waals surface area contributed by atoms with Crippen molar-refractivity contribution in [1.82, 2.24) is 15.0 Å². The zero-order chi connectivity index (χ0) is 13.8. The summed E-state index contributed by atoms with van der Waals surface area (Å²) in [6.45, 7) is 2.17. The van der Waals surface area contributed by atoms with Crippen molar-refractivity contribution in [3.63, 3.8) is 0 Å². The number of methoxy groups -OCH3 is 1. The second-order valence-electron chi connectivity index (χ2n) is 3.58. The zero-order valence-corrected chi connectivity index (χ0v) is 10.6. The molecule has 0 fully saturated rings. The van der Waals surface area contributed by atoms with Crippen LogP contribution in [0.4, 0.5) is 10.3 Å². The molecule has 0 saturated heterocycles. The van der Waals surface area contributed by atoms with E-state index < -0.39 is 5.82 Å². The van der Waals surface area contributed by atoms with Gasteiger partial charge in [0.25, 0.3) is 0 Å². The molecule has 2 N–H and O–H groups in total. The van der Waals surface area contributed by atoms with E-state index in [1.807, 2.05) is 0 Å². The molecule has 2 aromatic rings. The Morgan fingerprint density at radius 1 is 1.26 bits per heavy atom. The molecule has 2 rings (SSSR count). The van der Waals surface area contributed by atoms with Gasteiger partial charge in [0.2, 0.25) is 5.95 Å². The van der Waals surface area contributed by atoms with E-state index >= 15 is 0 Å². The van der Waals surface area contributed by atoms with Crippen LogP contribution in [0.5, 0.6) is 11.8 Å². The Hall–Kier alpha value is -2.44. The molecule has 1 aromatic heterocycles. The summed E-state index contributed by atoms with van der Waals surface area (Å²) in [4.78, 5) is 11.7. The molecule has 0 aliphatic carbocycles. The average molecular weight is 264 g/mol. The van der Waals surface area contributed by atoms with Gasteiger partial charge in [-0.05, 0) is 19.1 Å². The van der Waals surface area contributed by atoms with Crippen LogP contribution in [0.3, 0.4) is 0 Å². The third-order valence-electron chi connectivity index (χ3n) is 2.32. The monoisotopic (exact) mass is 264 g/mol. The minimum atomic E-state index is -0.507. The number of hydrogen-bond acceptors (Lipinski definition) is 6. The van der Waals surface area contributed by atoms with Crippen LogP contribution in [0.1, 0.15) is 6.92 Å². The number of aromatic nitrogens is 3. The van der Waals surface area contributed by atoms with Crippen molar-refractivity contribution in [2.75, 3.05) is 19.5 Å². The van der Waals surface area contributed by atoms with E-state index in [-0.39, 0.29) is 23.3 Å². The lowest BCUT2D eigenvalue weighted by molar-refractivity contribution is 0.312. The van der Waals surface area contributed by atoms with Crippen LogP contribution in [0.25, 0.3) is 11.4 Å². The van der Waals surface area contributed by atoms with Gasteiger partial charge in [0.15, 0.2) is 5.82 Å². The first-order chi connectivity index (χ1) is 9.13. The Bertz CT molecular complexity index is 592. The van der Waals surface area contributed by atoms with E-state index in [1.165, 1.54) is 19.2 Å². The summed E-state index contributed by atoms with van der Waals surface area (Å²) in [5.74, 6) is 0.000444. The highest BCUT2D eigenvalue weighted by atomic mass is 19.1. The van der Waals surface area contributed by atoms with Gasteiger partial charge in [-0.2, -0.15) is 15.0 Å². The van der Waals surface area contributed by atoms with Crippen LogP contribution >= 0.6 is 0 Å². The molecule has 1 aromatic carbocycles.